The highest BCUT2D eigenvalue weighted by Gasteiger charge is 2.61. The van der Waals surface area contributed by atoms with E-state index < -0.39 is 0 Å². The zero-order valence-corrected chi connectivity index (χ0v) is 15.6. The highest BCUT2D eigenvalue weighted by atomic mass is 79.9. The molecular weight excluding hydrogens is 380 g/mol. The summed E-state index contributed by atoms with van der Waals surface area (Å²) in [5, 5.41) is 7.65. The van der Waals surface area contributed by atoms with Crippen LogP contribution in [0.4, 0.5) is 5.69 Å². The van der Waals surface area contributed by atoms with Crippen LogP contribution in [-0.2, 0) is 10.3 Å². The summed E-state index contributed by atoms with van der Waals surface area (Å²) in [6, 6.07) is 7.85. The molecular formula is C19H21BrN4O. The fourth-order valence-corrected chi connectivity index (χ4v) is 6.43. The molecule has 25 heavy (non-hydrogen) atoms. The monoisotopic (exact) mass is 400 g/mol. The second-order valence-corrected chi connectivity index (χ2v) is 9.19. The predicted octanol–water partition coefficient (Wildman–Crippen LogP) is 3.97. The first kappa shape index (κ1) is 15.6. The lowest BCUT2D eigenvalue weighted by atomic mass is 9.46. The molecule has 0 spiro atoms. The van der Waals surface area contributed by atoms with Gasteiger partial charge in [-0.2, -0.15) is 5.10 Å². The first-order chi connectivity index (χ1) is 12.1. The van der Waals surface area contributed by atoms with E-state index in [-0.39, 0.29) is 16.9 Å². The fraction of sp³-hybridized carbons (Fsp3) is 0.526. The summed E-state index contributed by atoms with van der Waals surface area (Å²) < 4.78 is 3.03. The number of halogens is 1. The molecule has 5 nitrogen and oxygen atoms in total. The second kappa shape index (κ2) is 5.40. The van der Waals surface area contributed by atoms with Crippen molar-refractivity contribution in [1.29, 1.82) is 0 Å². The molecule has 1 aromatic carbocycles. The molecule has 1 N–H and O–H groups in total. The van der Waals surface area contributed by atoms with Crippen molar-refractivity contribution in [1.82, 2.24) is 14.8 Å². The van der Waals surface area contributed by atoms with Crippen molar-refractivity contribution in [3.05, 3.63) is 41.4 Å². The summed E-state index contributed by atoms with van der Waals surface area (Å²) in [4.78, 5) is 17.5. The van der Waals surface area contributed by atoms with E-state index in [2.05, 4.69) is 31.3 Å². The zero-order valence-electron chi connectivity index (χ0n) is 14.0. The maximum atomic E-state index is 13.3. The molecule has 0 saturated heterocycles. The van der Waals surface area contributed by atoms with Gasteiger partial charge in [0.05, 0.1) is 11.0 Å². The van der Waals surface area contributed by atoms with Gasteiger partial charge in [-0.05, 0) is 68.6 Å². The quantitative estimate of drug-likeness (QED) is 0.847. The number of amides is 1. The maximum Gasteiger partial charge on any atom is 0.230 e. The number of hydrogen-bond donors (Lipinski definition) is 1. The first-order valence-electron chi connectivity index (χ1n) is 8.99. The van der Waals surface area contributed by atoms with Gasteiger partial charge >= 0.3 is 0 Å². The largest absolute Gasteiger partial charge is 0.326 e. The Bertz CT molecular complexity index is 805. The molecule has 6 rings (SSSR count). The number of nitrogens with one attached hydrogen (secondary N) is 1. The lowest BCUT2D eigenvalue weighted by Crippen LogP contribution is -2.60. The zero-order chi connectivity index (χ0) is 17.1. The maximum absolute atomic E-state index is 13.3. The number of nitrogens with zero attached hydrogens (tertiary/aromatic N) is 3. The van der Waals surface area contributed by atoms with Crippen molar-refractivity contribution in [2.24, 2.45) is 17.3 Å². The van der Waals surface area contributed by atoms with Gasteiger partial charge in [-0.1, -0.05) is 22.0 Å². The van der Waals surface area contributed by atoms with E-state index in [9.17, 15) is 4.79 Å². The van der Waals surface area contributed by atoms with E-state index in [0.29, 0.717) is 11.8 Å². The van der Waals surface area contributed by atoms with Crippen molar-refractivity contribution < 1.29 is 4.79 Å². The molecule has 4 bridgehead atoms. The Morgan fingerprint density at radius 3 is 2.72 bits per heavy atom. The number of aromatic nitrogens is 3. The SMILES string of the molecule is O=C(Nc1cccc(Br)c1)C12CC3CC(C1)CC(n1cncn1)(C3)C2. The minimum Gasteiger partial charge on any atom is -0.326 e. The van der Waals surface area contributed by atoms with E-state index in [1.807, 2.05) is 35.3 Å². The first-order valence-corrected chi connectivity index (χ1v) is 9.78. The van der Waals surface area contributed by atoms with E-state index in [0.717, 1.165) is 42.3 Å². The van der Waals surface area contributed by atoms with Gasteiger partial charge < -0.3 is 5.32 Å². The molecule has 130 valence electrons. The molecule has 2 unspecified atom stereocenters. The average molecular weight is 401 g/mol. The van der Waals surface area contributed by atoms with Crippen LogP contribution in [0.2, 0.25) is 0 Å². The third kappa shape index (κ3) is 2.45. The van der Waals surface area contributed by atoms with Crippen LogP contribution < -0.4 is 5.32 Å². The van der Waals surface area contributed by atoms with Crippen LogP contribution in [0.15, 0.2) is 41.4 Å². The van der Waals surface area contributed by atoms with E-state index >= 15 is 0 Å². The second-order valence-electron chi connectivity index (χ2n) is 8.27. The smallest absolute Gasteiger partial charge is 0.230 e. The van der Waals surface area contributed by atoms with Crippen LogP contribution in [0.3, 0.4) is 0 Å². The van der Waals surface area contributed by atoms with Crippen molar-refractivity contribution >= 4 is 27.5 Å². The van der Waals surface area contributed by atoms with Crippen LogP contribution in [0.1, 0.15) is 38.5 Å². The molecule has 6 heteroatoms. The Morgan fingerprint density at radius 2 is 2.04 bits per heavy atom. The standard InChI is InChI=1S/C19H21BrN4O/c20-15-2-1-3-16(5-15)23-17(25)18-6-13-4-14(7-18)9-19(8-13,10-18)24-12-21-11-22-24/h1-3,5,11-14H,4,6-10H2,(H,23,25). The molecule has 1 aromatic heterocycles. The van der Waals surface area contributed by atoms with E-state index in [1.54, 1.807) is 6.33 Å². The number of hydrogen-bond acceptors (Lipinski definition) is 3. The highest BCUT2D eigenvalue weighted by molar-refractivity contribution is 9.10. The topological polar surface area (TPSA) is 59.8 Å². The van der Waals surface area contributed by atoms with Gasteiger partial charge in [0.25, 0.3) is 0 Å². The molecule has 4 aliphatic carbocycles. The van der Waals surface area contributed by atoms with Crippen LogP contribution in [0, 0.1) is 17.3 Å². The molecule has 1 heterocycles. The fourth-order valence-electron chi connectivity index (χ4n) is 6.03. The summed E-state index contributed by atoms with van der Waals surface area (Å²) in [6.45, 7) is 0. The van der Waals surface area contributed by atoms with E-state index in [1.165, 1.54) is 6.42 Å². The van der Waals surface area contributed by atoms with Crippen LogP contribution in [-0.4, -0.2) is 20.7 Å². The Morgan fingerprint density at radius 1 is 1.24 bits per heavy atom. The van der Waals surface area contributed by atoms with E-state index in [4.69, 9.17) is 0 Å². The predicted molar refractivity (Wildman–Crippen MR) is 97.9 cm³/mol. The van der Waals surface area contributed by atoms with Crippen LogP contribution in [0.5, 0.6) is 0 Å². The molecule has 1 amide bonds. The minimum atomic E-state index is -0.266. The van der Waals surface area contributed by atoms with Crippen molar-refractivity contribution in [3.63, 3.8) is 0 Å². The molecule has 4 saturated carbocycles. The summed E-state index contributed by atoms with van der Waals surface area (Å²) in [5.74, 6) is 1.43. The number of benzene rings is 1. The van der Waals surface area contributed by atoms with Crippen molar-refractivity contribution in [3.8, 4) is 0 Å². The van der Waals surface area contributed by atoms with Gasteiger partial charge in [0.15, 0.2) is 0 Å². The third-order valence-corrected chi connectivity index (χ3v) is 6.99. The number of anilines is 1. The average Bonchev–Trinajstić information content (AvgIpc) is 3.09. The summed E-state index contributed by atoms with van der Waals surface area (Å²) >= 11 is 3.48. The van der Waals surface area contributed by atoms with Gasteiger partial charge in [0.1, 0.15) is 12.7 Å². The van der Waals surface area contributed by atoms with Gasteiger partial charge in [-0.3, -0.25) is 4.79 Å². The number of carbonyl (C=O) groups is 1. The molecule has 2 atom stereocenters. The number of rotatable bonds is 3. The van der Waals surface area contributed by atoms with Gasteiger partial charge in [0, 0.05) is 10.2 Å². The normalized spacial score (nSPS) is 35.7. The molecule has 2 aromatic rings. The lowest BCUT2D eigenvalue weighted by Gasteiger charge is -2.60. The molecule has 0 radical (unpaired) electrons. The Hall–Kier alpha value is -1.69. The van der Waals surface area contributed by atoms with Gasteiger partial charge in [-0.25, -0.2) is 9.67 Å². The highest BCUT2D eigenvalue weighted by Crippen LogP contribution is 2.64. The van der Waals surface area contributed by atoms with Crippen LogP contribution >= 0.6 is 15.9 Å². The summed E-state index contributed by atoms with van der Waals surface area (Å²) in [6.07, 6.45) is 9.91. The van der Waals surface area contributed by atoms with Gasteiger partial charge in [-0.15, -0.1) is 0 Å². The number of carbonyl (C=O) groups excluding carboxylic acids is 1. The Labute approximate surface area is 155 Å². The van der Waals surface area contributed by atoms with Gasteiger partial charge in [0.2, 0.25) is 5.91 Å². The molecule has 4 fully saturated rings. The Balaban J connectivity index is 1.47. The summed E-state index contributed by atoms with van der Waals surface area (Å²) in [5.41, 5.74) is 0.581. The molecule has 0 aliphatic heterocycles. The third-order valence-electron chi connectivity index (χ3n) is 6.50. The Kier molecular flexibility index (Phi) is 3.36. The van der Waals surface area contributed by atoms with Crippen molar-refractivity contribution in [2.45, 2.75) is 44.1 Å². The molecule has 4 aliphatic rings. The van der Waals surface area contributed by atoms with Crippen molar-refractivity contribution in [2.75, 3.05) is 5.32 Å². The summed E-state index contributed by atoms with van der Waals surface area (Å²) in [7, 11) is 0. The lowest BCUT2D eigenvalue weighted by molar-refractivity contribution is -0.150. The van der Waals surface area contributed by atoms with Crippen LogP contribution in [0.25, 0.3) is 0 Å². The minimum absolute atomic E-state index is 0.0187.